The number of rotatable bonds is 2. The highest BCUT2D eigenvalue weighted by atomic mass is 15.2. The first-order chi connectivity index (χ1) is 8.77. The average Bonchev–Trinajstić information content (AvgIpc) is 2.26. The van der Waals surface area contributed by atoms with Gasteiger partial charge in [-0.2, -0.15) is 0 Å². The summed E-state index contributed by atoms with van der Waals surface area (Å²) in [6.45, 7) is 14.4. The molecule has 19 heavy (non-hydrogen) atoms. The lowest BCUT2D eigenvalue weighted by molar-refractivity contribution is 0.356. The van der Waals surface area contributed by atoms with Crippen LogP contribution in [0.2, 0.25) is 0 Å². The Labute approximate surface area is 118 Å². The van der Waals surface area contributed by atoms with Gasteiger partial charge in [-0.15, -0.1) is 0 Å². The van der Waals surface area contributed by atoms with Crippen molar-refractivity contribution in [2.75, 3.05) is 4.90 Å². The summed E-state index contributed by atoms with van der Waals surface area (Å²) in [5.41, 5.74) is 11.6. The van der Waals surface area contributed by atoms with Gasteiger partial charge in [-0.3, -0.25) is 0 Å². The predicted octanol–water partition coefficient (Wildman–Crippen LogP) is 3.95. The molecule has 2 rings (SSSR count). The zero-order valence-corrected chi connectivity index (χ0v) is 13.2. The average molecular weight is 260 g/mol. The second-order valence-electron chi connectivity index (χ2n) is 6.92. The number of nitrogens with two attached hydrogens (primary N) is 1. The van der Waals surface area contributed by atoms with Crippen molar-refractivity contribution in [2.24, 2.45) is 5.73 Å². The van der Waals surface area contributed by atoms with Crippen LogP contribution in [0.15, 0.2) is 12.1 Å². The number of nitrogens with zero attached hydrogens (tertiary/aromatic N) is 1. The topological polar surface area (TPSA) is 29.3 Å². The van der Waals surface area contributed by atoms with Crippen molar-refractivity contribution in [1.82, 2.24) is 0 Å². The summed E-state index contributed by atoms with van der Waals surface area (Å²) in [4.78, 5) is 2.58. The predicted molar refractivity (Wildman–Crippen MR) is 83.8 cm³/mol. The van der Waals surface area contributed by atoms with Crippen LogP contribution in [0.3, 0.4) is 0 Å². The third-order valence-electron chi connectivity index (χ3n) is 4.47. The number of anilines is 1. The zero-order chi connectivity index (χ0) is 14.4. The molecular formula is C17H28N2. The minimum absolute atomic E-state index is 0.219. The van der Waals surface area contributed by atoms with Gasteiger partial charge in [0.1, 0.15) is 0 Å². The van der Waals surface area contributed by atoms with Crippen molar-refractivity contribution in [1.29, 1.82) is 0 Å². The Morgan fingerprint density at radius 2 is 2.00 bits per heavy atom. The maximum absolute atomic E-state index is 5.86. The molecule has 1 unspecified atom stereocenters. The fourth-order valence-electron chi connectivity index (χ4n) is 3.84. The lowest BCUT2D eigenvalue weighted by Gasteiger charge is -2.50. The van der Waals surface area contributed by atoms with E-state index >= 15 is 0 Å². The van der Waals surface area contributed by atoms with Gasteiger partial charge in [-0.05, 0) is 69.7 Å². The standard InChI is InChI=1S/C17H28N2/c1-11(2)19-16-7-12(3)14(10-18)8-15(16)13(4)9-17(19,5)6/h7-8,11,13H,9-10,18H2,1-6H3. The van der Waals surface area contributed by atoms with E-state index in [0.717, 1.165) is 0 Å². The van der Waals surface area contributed by atoms with Gasteiger partial charge in [0.25, 0.3) is 0 Å². The third kappa shape index (κ3) is 2.38. The number of hydrogen-bond donors (Lipinski definition) is 1. The van der Waals surface area contributed by atoms with E-state index in [1.165, 1.54) is 28.8 Å². The molecule has 2 N–H and O–H groups in total. The summed E-state index contributed by atoms with van der Waals surface area (Å²) in [5, 5.41) is 0. The van der Waals surface area contributed by atoms with Gasteiger partial charge < -0.3 is 10.6 Å². The van der Waals surface area contributed by atoms with Crippen molar-refractivity contribution < 1.29 is 0 Å². The van der Waals surface area contributed by atoms with Gasteiger partial charge in [0.2, 0.25) is 0 Å². The van der Waals surface area contributed by atoms with Gasteiger partial charge >= 0.3 is 0 Å². The van der Waals surface area contributed by atoms with Gasteiger partial charge in [-0.25, -0.2) is 0 Å². The highest BCUT2D eigenvalue weighted by Gasteiger charge is 2.37. The molecule has 1 atom stereocenters. The molecule has 0 amide bonds. The van der Waals surface area contributed by atoms with E-state index in [1.54, 1.807) is 0 Å². The van der Waals surface area contributed by atoms with E-state index in [4.69, 9.17) is 5.73 Å². The maximum atomic E-state index is 5.86. The molecule has 1 aliphatic rings. The second-order valence-corrected chi connectivity index (χ2v) is 6.92. The Hall–Kier alpha value is -1.02. The van der Waals surface area contributed by atoms with Crippen LogP contribution in [0.5, 0.6) is 0 Å². The lowest BCUT2D eigenvalue weighted by Crippen LogP contribution is -2.51. The molecule has 0 fully saturated rings. The number of aryl methyl sites for hydroxylation is 1. The van der Waals surface area contributed by atoms with Crippen molar-refractivity contribution in [2.45, 2.75) is 72.0 Å². The van der Waals surface area contributed by atoms with Gasteiger partial charge in [0.15, 0.2) is 0 Å². The Balaban J connectivity index is 2.62. The van der Waals surface area contributed by atoms with E-state index < -0.39 is 0 Å². The molecule has 0 bridgehead atoms. The molecule has 0 saturated heterocycles. The molecule has 0 radical (unpaired) electrons. The largest absolute Gasteiger partial charge is 0.364 e. The maximum Gasteiger partial charge on any atom is 0.0411 e. The molecule has 106 valence electrons. The Bertz CT molecular complexity index is 474. The summed E-state index contributed by atoms with van der Waals surface area (Å²) in [6.07, 6.45) is 1.20. The molecule has 0 spiro atoms. The monoisotopic (exact) mass is 260 g/mol. The Kier molecular flexibility index (Phi) is 3.65. The van der Waals surface area contributed by atoms with Crippen LogP contribution in [0.4, 0.5) is 5.69 Å². The number of hydrogen-bond acceptors (Lipinski definition) is 2. The summed E-state index contributed by atoms with van der Waals surface area (Å²) in [7, 11) is 0. The lowest BCUT2D eigenvalue weighted by atomic mass is 9.78. The first-order valence-electron chi connectivity index (χ1n) is 7.40. The summed E-state index contributed by atoms with van der Waals surface area (Å²) < 4.78 is 0. The van der Waals surface area contributed by atoms with Crippen molar-refractivity contribution in [3.05, 3.63) is 28.8 Å². The minimum atomic E-state index is 0.219. The van der Waals surface area contributed by atoms with E-state index in [0.29, 0.717) is 18.5 Å². The van der Waals surface area contributed by atoms with Crippen LogP contribution in [0.25, 0.3) is 0 Å². The zero-order valence-electron chi connectivity index (χ0n) is 13.2. The molecule has 2 heteroatoms. The summed E-state index contributed by atoms with van der Waals surface area (Å²) in [6, 6.07) is 5.19. The first kappa shape index (κ1) is 14.4. The fraction of sp³-hybridized carbons (Fsp3) is 0.647. The van der Waals surface area contributed by atoms with Crippen LogP contribution >= 0.6 is 0 Å². The molecule has 0 saturated carbocycles. The van der Waals surface area contributed by atoms with Crippen molar-refractivity contribution >= 4 is 5.69 Å². The van der Waals surface area contributed by atoms with E-state index in [2.05, 4.69) is 58.6 Å². The quantitative estimate of drug-likeness (QED) is 0.872. The molecular weight excluding hydrogens is 232 g/mol. The van der Waals surface area contributed by atoms with Gasteiger partial charge in [0.05, 0.1) is 0 Å². The van der Waals surface area contributed by atoms with Crippen LogP contribution in [0, 0.1) is 6.92 Å². The summed E-state index contributed by atoms with van der Waals surface area (Å²) in [5.74, 6) is 0.603. The van der Waals surface area contributed by atoms with Gasteiger partial charge in [-0.1, -0.05) is 13.0 Å². The van der Waals surface area contributed by atoms with E-state index in [1.807, 2.05) is 0 Å². The number of fused-ring (bicyclic) bond motifs is 1. The smallest absolute Gasteiger partial charge is 0.0411 e. The molecule has 1 aromatic carbocycles. The number of benzene rings is 1. The molecule has 1 aliphatic heterocycles. The van der Waals surface area contributed by atoms with Crippen molar-refractivity contribution in [3.63, 3.8) is 0 Å². The second kappa shape index (κ2) is 4.82. The third-order valence-corrected chi connectivity index (χ3v) is 4.47. The molecule has 1 heterocycles. The highest BCUT2D eigenvalue weighted by molar-refractivity contribution is 5.63. The van der Waals surface area contributed by atoms with Crippen LogP contribution in [0.1, 0.15) is 63.6 Å². The SMILES string of the molecule is Cc1cc2c(cc1CN)C(C)CC(C)(C)N2C(C)C. The van der Waals surface area contributed by atoms with Crippen LogP contribution < -0.4 is 10.6 Å². The summed E-state index contributed by atoms with van der Waals surface area (Å²) >= 11 is 0. The van der Waals surface area contributed by atoms with Crippen LogP contribution in [-0.4, -0.2) is 11.6 Å². The van der Waals surface area contributed by atoms with E-state index in [9.17, 15) is 0 Å². The first-order valence-corrected chi connectivity index (χ1v) is 7.40. The van der Waals surface area contributed by atoms with Gasteiger partial charge in [0, 0.05) is 23.8 Å². The molecule has 2 nitrogen and oxygen atoms in total. The Morgan fingerprint density at radius 3 is 2.53 bits per heavy atom. The van der Waals surface area contributed by atoms with Crippen LogP contribution in [-0.2, 0) is 6.54 Å². The fourth-order valence-corrected chi connectivity index (χ4v) is 3.84. The minimum Gasteiger partial charge on any atom is -0.364 e. The van der Waals surface area contributed by atoms with Crippen molar-refractivity contribution in [3.8, 4) is 0 Å². The highest BCUT2D eigenvalue weighted by Crippen LogP contribution is 2.45. The molecule has 0 aromatic heterocycles. The normalized spacial score (nSPS) is 21.7. The Morgan fingerprint density at radius 1 is 1.37 bits per heavy atom. The molecule has 0 aliphatic carbocycles. The molecule has 1 aromatic rings. The van der Waals surface area contributed by atoms with E-state index in [-0.39, 0.29) is 5.54 Å².